The molecule has 76 valence electrons. The first-order chi connectivity index (χ1) is 6.70. The van der Waals surface area contributed by atoms with Gasteiger partial charge in [-0.15, -0.1) is 0 Å². The Morgan fingerprint density at radius 2 is 2.21 bits per heavy atom. The van der Waals surface area contributed by atoms with Gasteiger partial charge in [0.05, 0.1) is 7.11 Å². The average molecular weight is 194 g/mol. The SMILES string of the molecule is COc1cc(F)ccc1C[C@@H]1C[C@H]1C. The smallest absolute Gasteiger partial charge is 0.126 e. The Bertz CT molecular complexity index is 335. The lowest BCUT2D eigenvalue weighted by Gasteiger charge is -2.07. The van der Waals surface area contributed by atoms with E-state index in [1.165, 1.54) is 18.6 Å². The van der Waals surface area contributed by atoms with E-state index in [1.807, 2.05) is 6.07 Å². The first-order valence-corrected chi connectivity index (χ1v) is 5.03. The minimum atomic E-state index is -0.227. The Morgan fingerprint density at radius 3 is 2.79 bits per heavy atom. The maximum absolute atomic E-state index is 12.9. The fourth-order valence-corrected chi connectivity index (χ4v) is 1.85. The van der Waals surface area contributed by atoms with Crippen molar-refractivity contribution in [1.29, 1.82) is 0 Å². The molecule has 0 N–H and O–H groups in total. The fraction of sp³-hybridized carbons (Fsp3) is 0.500. The second kappa shape index (κ2) is 3.60. The molecular formula is C12H15FO. The summed E-state index contributed by atoms with van der Waals surface area (Å²) in [6.07, 6.45) is 2.31. The molecule has 0 saturated heterocycles. The molecular weight excluding hydrogens is 179 g/mol. The van der Waals surface area contributed by atoms with Crippen molar-refractivity contribution in [2.24, 2.45) is 11.8 Å². The van der Waals surface area contributed by atoms with Crippen LogP contribution in [-0.2, 0) is 6.42 Å². The molecule has 0 spiro atoms. The van der Waals surface area contributed by atoms with E-state index in [2.05, 4.69) is 6.92 Å². The van der Waals surface area contributed by atoms with Gasteiger partial charge in [0.15, 0.2) is 0 Å². The molecule has 2 heteroatoms. The number of hydrogen-bond donors (Lipinski definition) is 0. The molecule has 0 radical (unpaired) electrons. The van der Waals surface area contributed by atoms with Gasteiger partial charge in [-0.05, 0) is 36.3 Å². The Kier molecular flexibility index (Phi) is 2.44. The predicted octanol–water partition coefficient (Wildman–Crippen LogP) is 3.03. The van der Waals surface area contributed by atoms with Crippen LogP contribution < -0.4 is 4.74 Å². The van der Waals surface area contributed by atoms with Crippen molar-refractivity contribution >= 4 is 0 Å². The molecule has 0 aromatic heterocycles. The van der Waals surface area contributed by atoms with E-state index in [0.29, 0.717) is 5.75 Å². The van der Waals surface area contributed by atoms with Gasteiger partial charge in [0.2, 0.25) is 0 Å². The number of benzene rings is 1. The third-order valence-electron chi connectivity index (χ3n) is 3.01. The molecule has 1 aliphatic rings. The highest BCUT2D eigenvalue weighted by atomic mass is 19.1. The number of halogens is 1. The lowest BCUT2D eigenvalue weighted by Crippen LogP contribution is -1.95. The van der Waals surface area contributed by atoms with Gasteiger partial charge in [-0.1, -0.05) is 13.0 Å². The molecule has 0 amide bonds. The Morgan fingerprint density at radius 1 is 1.50 bits per heavy atom. The number of rotatable bonds is 3. The molecule has 0 aliphatic heterocycles. The lowest BCUT2D eigenvalue weighted by molar-refractivity contribution is 0.404. The van der Waals surface area contributed by atoms with Crippen LogP contribution in [-0.4, -0.2) is 7.11 Å². The fourth-order valence-electron chi connectivity index (χ4n) is 1.85. The molecule has 2 atom stereocenters. The average Bonchev–Trinajstić information content (AvgIpc) is 2.85. The largest absolute Gasteiger partial charge is 0.496 e. The summed E-state index contributed by atoms with van der Waals surface area (Å²) in [6, 6.07) is 4.80. The van der Waals surface area contributed by atoms with Crippen LogP contribution in [0.4, 0.5) is 4.39 Å². The standard InChI is InChI=1S/C12H15FO/c1-8-5-10(8)6-9-3-4-11(13)7-12(9)14-2/h3-4,7-8,10H,5-6H2,1-2H3/t8-,10+/m1/s1. The zero-order chi connectivity index (χ0) is 10.1. The van der Waals surface area contributed by atoms with Crippen LogP contribution in [0.1, 0.15) is 18.9 Å². The van der Waals surface area contributed by atoms with Gasteiger partial charge in [-0.25, -0.2) is 4.39 Å². The predicted molar refractivity (Wildman–Crippen MR) is 53.9 cm³/mol. The molecule has 1 aliphatic carbocycles. The van der Waals surface area contributed by atoms with Crippen molar-refractivity contribution < 1.29 is 9.13 Å². The second-order valence-corrected chi connectivity index (χ2v) is 4.13. The lowest BCUT2D eigenvalue weighted by atomic mass is 10.1. The van der Waals surface area contributed by atoms with Crippen LogP contribution in [0.5, 0.6) is 5.75 Å². The monoisotopic (exact) mass is 194 g/mol. The molecule has 1 saturated carbocycles. The van der Waals surface area contributed by atoms with Crippen LogP contribution in [0.3, 0.4) is 0 Å². The van der Waals surface area contributed by atoms with Gasteiger partial charge in [0, 0.05) is 6.07 Å². The first-order valence-electron chi connectivity index (χ1n) is 5.03. The molecule has 1 aromatic rings. The summed E-state index contributed by atoms with van der Waals surface area (Å²) in [6.45, 7) is 2.25. The Balaban J connectivity index is 2.15. The summed E-state index contributed by atoms with van der Waals surface area (Å²) in [4.78, 5) is 0. The number of hydrogen-bond acceptors (Lipinski definition) is 1. The van der Waals surface area contributed by atoms with E-state index in [4.69, 9.17) is 4.74 Å². The Labute approximate surface area is 83.9 Å². The summed E-state index contributed by atoms with van der Waals surface area (Å²) in [5.41, 5.74) is 1.13. The molecule has 1 nitrogen and oxygen atoms in total. The molecule has 0 heterocycles. The minimum Gasteiger partial charge on any atom is -0.496 e. The summed E-state index contributed by atoms with van der Waals surface area (Å²) >= 11 is 0. The van der Waals surface area contributed by atoms with E-state index < -0.39 is 0 Å². The molecule has 1 aromatic carbocycles. The van der Waals surface area contributed by atoms with Gasteiger partial charge in [-0.3, -0.25) is 0 Å². The third kappa shape index (κ3) is 1.89. The minimum absolute atomic E-state index is 0.227. The van der Waals surface area contributed by atoms with E-state index >= 15 is 0 Å². The Hall–Kier alpha value is -1.05. The molecule has 2 rings (SSSR count). The van der Waals surface area contributed by atoms with Gasteiger partial charge < -0.3 is 4.74 Å². The van der Waals surface area contributed by atoms with Crippen molar-refractivity contribution in [3.63, 3.8) is 0 Å². The van der Waals surface area contributed by atoms with Crippen molar-refractivity contribution in [3.05, 3.63) is 29.6 Å². The van der Waals surface area contributed by atoms with Crippen molar-refractivity contribution in [3.8, 4) is 5.75 Å². The van der Waals surface area contributed by atoms with E-state index in [1.54, 1.807) is 7.11 Å². The first kappa shape index (κ1) is 9.50. The van der Waals surface area contributed by atoms with Gasteiger partial charge in [0.1, 0.15) is 11.6 Å². The maximum Gasteiger partial charge on any atom is 0.126 e. The normalized spacial score (nSPS) is 24.8. The summed E-state index contributed by atoms with van der Waals surface area (Å²) in [5, 5.41) is 0. The third-order valence-corrected chi connectivity index (χ3v) is 3.01. The summed E-state index contributed by atoms with van der Waals surface area (Å²) < 4.78 is 18.0. The van der Waals surface area contributed by atoms with Gasteiger partial charge in [-0.2, -0.15) is 0 Å². The van der Waals surface area contributed by atoms with Gasteiger partial charge >= 0.3 is 0 Å². The highest BCUT2D eigenvalue weighted by Crippen LogP contribution is 2.41. The summed E-state index contributed by atoms with van der Waals surface area (Å²) in [7, 11) is 1.59. The van der Waals surface area contributed by atoms with Crippen LogP contribution in [0, 0.1) is 17.7 Å². The molecule has 14 heavy (non-hydrogen) atoms. The molecule has 1 fully saturated rings. The highest BCUT2D eigenvalue weighted by molar-refractivity contribution is 5.34. The van der Waals surface area contributed by atoms with Crippen molar-refractivity contribution in [2.75, 3.05) is 7.11 Å². The number of methoxy groups -OCH3 is 1. The van der Waals surface area contributed by atoms with E-state index in [-0.39, 0.29) is 5.82 Å². The maximum atomic E-state index is 12.9. The second-order valence-electron chi connectivity index (χ2n) is 4.13. The van der Waals surface area contributed by atoms with Crippen molar-refractivity contribution in [2.45, 2.75) is 19.8 Å². The van der Waals surface area contributed by atoms with Crippen LogP contribution in [0.2, 0.25) is 0 Å². The van der Waals surface area contributed by atoms with E-state index in [9.17, 15) is 4.39 Å². The van der Waals surface area contributed by atoms with E-state index in [0.717, 1.165) is 23.8 Å². The van der Waals surface area contributed by atoms with Crippen molar-refractivity contribution in [1.82, 2.24) is 0 Å². The number of ether oxygens (including phenoxy) is 1. The quantitative estimate of drug-likeness (QED) is 0.718. The summed E-state index contributed by atoms with van der Waals surface area (Å²) in [5.74, 6) is 2.05. The zero-order valence-electron chi connectivity index (χ0n) is 8.59. The van der Waals surface area contributed by atoms with Crippen LogP contribution in [0.15, 0.2) is 18.2 Å². The van der Waals surface area contributed by atoms with Crippen LogP contribution >= 0.6 is 0 Å². The highest BCUT2D eigenvalue weighted by Gasteiger charge is 2.32. The van der Waals surface area contributed by atoms with Gasteiger partial charge in [0.25, 0.3) is 0 Å². The molecule has 0 unspecified atom stereocenters. The zero-order valence-corrected chi connectivity index (χ0v) is 8.59. The molecule has 0 bridgehead atoms. The topological polar surface area (TPSA) is 9.23 Å². The van der Waals surface area contributed by atoms with Crippen LogP contribution in [0.25, 0.3) is 0 Å².